The molecule has 1 fully saturated rings. The molecular weight excluding hydrogens is 322 g/mol. The molecule has 0 atom stereocenters. The van der Waals surface area contributed by atoms with Crippen LogP contribution in [-0.4, -0.2) is 33.7 Å². The maximum atomic E-state index is 13.0. The summed E-state index contributed by atoms with van der Waals surface area (Å²) in [5.41, 5.74) is 2.60. The van der Waals surface area contributed by atoms with E-state index in [4.69, 9.17) is 11.6 Å². The fourth-order valence-electron chi connectivity index (χ4n) is 3.25. The molecule has 0 N–H and O–H groups in total. The minimum atomic E-state index is 0.103. The molecule has 0 bridgehead atoms. The lowest BCUT2D eigenvalue weighted by atomic mass is 9.98. The molecule has 0 spiro atoms. The summed E-state index contributed by atoms with van der Waals surface area (Å²) >= 11 is 5.98. The fraction of sp³-hybridized carbons (Fsp3) is 0.474. The Morgan fingerprint density at radius 3 is 2.42 bits per heavy atom. The zero-order chi connectivity index (χ0) is 17.3. The van der Waals surface area contributed by atoms with Crippen molar-refractivity contribution in [2.24, 2.45) is 5.92 Å². The Bertz CT molecular complexity index is 713. The largest absolute Gasteiger partial charge is 0.339 e. The van der Waals surface area contributed by atoms with Crippen LogP contribution >= 0.6 is 11.6 Å². The maximum absolute atomic E-state index is 13.0. The molecule has 5 heteroatoms. The Labute approximate surface area is 148 Å². The van der Waals surface area contributed by atoms with Crippen molar-refractivity contribution in [3.8, 4) is 5.69 Å². The van der Waals surface area contributed by atoms with Gasteiger partial charge in [-0.25, -0.2) is 4.68 Å². The molecule has 0 aliphatic carbocycles. The first-order valence-corrected chi connectivity index (χ1v) is 8.98. The smallest absolute Gasteiger partial charge is 0.257 e. The molecule has 0 radical (unpaired) electrons. The summed E-state index contributed by atoms with van der Waals surface area (Å²) in [6.07, 6.45) is 3.87. The summed E-state index contributed by atoms with van der Waals surface area (Å²) in [4.78, 5) is 14.9. The first-order valence-electron chi connectivity index (χ1n) is 8.60. The van der Waals surface area contributed by atoms with E-state index in [0.29, 0.717) is 10.9 Å². The van der Waals surface area contributed by atoms with Gasteiger partial charge in [-0.3, -0.25) is 4.79 Å². The molecule has 4 nitrogen and oxygen atoms in total. The molecule has 3 rings (SSSR count). The standard InChI is InChI=1S/C19H24ClN3O/c1-13(2)18-17(19(24)22-10-8-14(3)9-11-22)12-21-23(18)16-6-4-15(20)5-7-16/h4-7,12-14H,8-11H2,1-3H3. The number of aromatic nitrogens is 2. The number of piperidine rings is 1. The number of halogens is 1. The number of hydrogen-bond donors (Lipinski definition) is 0. The van der Waals surface area contributed by atoms with Crippen LogP contribution in [0.3, 0.4) is 0 Å². The van der Waals surface area contributed by atoms with Gasteiger partial charge in [0.15, 0.2) is 0 Å². The van der Waals surface area contributed by atoms with Gasteiger partial charge in [0, 0.05) is 18.1 Å². The van der Waals surface area contributed by atoms with Gasteiger partial charge in [0.2, 0.25) is 0 Å². The summed E-state index contributed by atoms with van der Waals surface area (Å²) < 4.78 is 1.86. The summed E-state index contributed by atoms with van der Waals surface area (Å²) in [5, 5.41) is 5.18. The normalized spacial score (nSPS) is 16.0. The van der Waals surface area contributed by atoms with Gasteiger partial charge in [-0.2, -0.15) is 5.10 Å². The second-order valence-corrected chi connectivity index (χ2v) is 7.40. The van der Waals surface area contributed by atoms with Crippen LogP contribution in [0.5, 0.6) is 0 Å². The molecule has 0 unspecified atom stereocenters. The van der Waals surface area contributed by atoms with E-state index in [2.05, 4.69) is 25.9 Å². The zero-order valence-electron chi connectivity index (χ0n) is 14.5. The Balaban J connectivity index is 1.94. The fourth-order valence-corrected chi connectivity index (χ4v) is 3.37. The van der Waals surface area contributed by atoms with E-state index in [0.717, 1.165) is 42.9 Å². The van der Waals surface area contributed by atoms with Gasteiger partial charge < -0.3 is 4.90 Å². The Hall–Kier alpha value is -1.81. The van der Waals surface area contributed by atoms with Gasteiger partial charge in [-0.15, -0.1) is 0 Å². The molecular formula is C19H24ClN3O. The molecule has 1 amide bonds. The van der Waals surface area contributed by atoms with Crippen LogP contribution in [0.1, 0.15) is 55.6 Å². The lowest BCUT2D eigenvalue weighted by Crippen LogP contribution is -2.38. The van der Waals surface area contributed by atoms with Crippen molar-refractivity contribution >= 4 is 17.5 Å². The topological polar surface area (TPSA) is 38.1 Å². The van der Waals surface area contributed by atoms with E-state index in [1.54, 1.807) is 6.20 Å². The summed E-state index contributed by atoms with van der Waals surface area (Å²) in [6.45, 7) is 8.12. The minimum absolute atomic E-state index is 0.103. The Morgan fingerprint density at radius 1 is 1.21 bits per heavy atom. The molecule has 2 heterocycles. The van der Waals surface area contributed by atoms with Crippen LogP contribution in [0, 0.1) is 5.92 Å². The van der Waals surface area contributed by atoms with E-state index in [1.807, 2.05) is 33.8 Å². The maximum Gasteiger partial charge on any atom is 0.257 e. The highest BCUT2D eigenvalue weighted by atomic mass is 35.5. The van der Waals surface area contributed by atoms with Crippen molar-refractivity contribution in [1.29, 1.82) is 0 Å². The van der Waals surface area contributed by atoms with Crippen LogP contribution in [0.15, 0.2) is 30.5 Å². The van der Waals surface area contributed by atoms with Crippen molar-refractivity contribution in [2.45, 2.75) is 39.5 Å². The number of hydrogen-bond acceptors (Lipinski definition) is 2. The number of rotatable bonds is 3. The minimum Gasteiger partial charge on any atom is -0.339 e. The van der Waals surface area contributed by atoms with Gasteiger partial charge in [-0.1, -0.05) is 32.4 Å². The average Bonchev–Trinajstić information content (AvgIpc) is 3.01. The first-order chi connectivity index (χ1) is 11.5. The molecule has 0 saturated carbocycles. The summed E-state index contributed by atoms with van der Waals surface area (Å²) in [7, 11) is 0. The number of nitrogens with zero attached hydrogens (tertiary/aromatic N) is 3. The van der Waals surface area contributed by atoms with Gasteiger partial charge in [0.25, 0.3) is 5.91 Å². The second kappa shape index (κ2) is 6.98. The monoisotopic (exact) mass is 345 g/mol. The first kappa shape index (κ1) is 17.0. The van der Waals surface area contributed by atoms with Crippen LogP contribution in [-0.2, 0) is 0 Å². The summed E-state index contributed by atoms with van der Waals surface area (Å²) in [6, 6.07) is 7.54. The van der Waals surface area contributed by atoms with Crippen molar-refractivity contribution < 1.29 is 4.79 Å². The van der Waals surface area contributed by atoms with Crippen molar-refractivity contribution in [3.63, 3.8) is 0 Å². The zero-order valence-corrected chi connectivity index (χ0v) is 15.3. The SMILES string of the molecule is CC1CCN(C(=O)c2cnn(-c3ccc(Cl)cc3)c2C(C)C)CC1. The number of amides is 1. The molecule has 128 valence electrons. The van der Waals surface area contributed by atoms with Gasteiger partial charge >= 0.3 is 0 Å². The molecule has 1 aromatic carbocycles. The van der Waals surface area contributed by atoms with Gasteiger partial charge in [0.05, 0.1) is 23.1 Å². The Kier molecular flexibility index (Phi) is 4.95. The third-order valence-corrected chi connectivity index (χ3v) is 4.98. The molecule has 1 saturated heterocycles. The molecule has 24 heavy (non-hydrogen) atoms. The van der Waals surface area contributed by atoms with Gasteiger partial charge in [0.1, 0.15) is 0 Å². The quantitative estimate of drug-likeness (QED) is 0.820. The third kappa shape index (κ3) is 3.34. The third-order valence-electron chi connectivity index (χ3n) is 4.73. The van der Waals surface area contributed by atoms with Crippen LogP contribution in [0.2, 0.25) is 5.02 Å². The molecule has 2 aromatic rings. The summed E-state index contributed by atoms with van der Waals surface area (Å²) in [5.74, 6) is 1.01. The molecule has 1 aliphatic rings. The van der Waals surface area contributed by atoms with Crippen molar-refractivity contribution in [1.82, 2.24) is 14.7 Å². The van der Waals surface area contributed by atoms with Crippen molar-refractivity contribution in [2.75, 3.05) is 13.1 Å². The van der Waals surface area contributed by atoms with E-state index in [1.165, 1.54) is 0 Å². The van der Waals surface area contributed by atoms with Crippen LogP contribution in [0.4, 0.5) is 0 Å². The van der Waals surface area contributed by atoms with E-state index in [-0.39, 0.29) is 11.8 Å². The molecule has 1 aliphatic heterocycles. The highest BCUT2D eigenvalue weighted by Gasteiger charge is 2.27. The lowest BCUT2D eigenvalue weighted by molar-refractivity contribution is 0.0695. The van der Waals surface area contributed by atoms with Crippen LogP contribution in [0.25, 0.3) is 5.69 Å². The predicted molar refractivity (Wildman–Crippen MR) is 97.0 cm³/mol. The molecule has 1 aromatic heterocycles. The number of likely N-dealkylation sites (tertiary alicyclic amines) is 1. The van der Waals surface area contributed by atoms with Crippen LogP contribution < -0.4 is 0 Å². The Morgan fingerprint density at radius 2 is 1.83 bits per heavy atom. The highest BCUT2D eigenvalue weighted by Crippen LogP contribution is 2.26. The lowest BCUT2D eigenvalue weighted by Gasteiger charge is -2.30. The number of carbonyl (C=O) groups is 1. The van der Waals surface area contributed by atoms with E-state index in [9.17, 15) is 4.79 Å². The average molecular weight is 346 g/mol. The van der Waals surface area contributed by atoms with E-state index < -0.39 is 0 Å². The second-order valence-electron chi connectivity index (χ2n) is 6.96. The predicted octanol–water partition coefficient (Wildman–Crippen LogP) is 4.52. The van der Waals surface area contributed by atoms with Crippen molar-refractivity contribution in [3.05, 3.63) is 46.7 Å². The number of benzene rings is 1. The van der Waals surface area contributed by atoms with E-state index >= 15 is 0 Å². The highest BCUT2D eigenvalue weighted by molar-refractivity contribution is 6.30. The van der Waals surface area contributed by atoms with Gasteiger partial charge in [-0.05, 0) is 48.9 Å². The number of carbonyl (C=O) groups excluding carboxylic acids is 1.